The van der Waals surface area contributed by atoms with Gasteiger partial charge in [0.2, 0.25) is 5.91 Å². The van der Waals surface area contributed by atoms with Crippen LogP contribution in [0.5, 0.6) is 5.75 Å². The molecule has 0 radical (unpaired) electrons. The second kappa shape index (κ2) is 7.37. The first-order valence-electron chi connectivity index (χ1n) is 9.27. The molecular weight excluding hydrogens is 358 g/mol. The average molecular weight is 379 g/mol. The van der Waals surface area contributed by atoms with Crippen LogP contribution in [0.4, 0.5) is 5.69 Å². The molecule has 1 aromatic heterocycles. The zero-order valence-corrected chi connectivity index (χ0v) is 15.8. The van der Waals surface area contributed by atoms with Crippen LogP contribution in [0.25, 0.3) is 11.1 Å². The molecule has 0 saturated carbocycles. The number of anilines is 1. The van der Waals surface area contributed by atoms with E-state index < -0.39 is 0 Å². The van der Waals surface area contributed by atoms with Gasteiger partial charge in [-0.25, -0.2) is 4.79 Å². The monoisotopic (exact) mass is 379 g/mol. The van der Waals surface area contributed by atoms with Gasteiger partial charge in [0.25, 0.3) is 5.88 Å². The van der Waals surface area contributed by atoms with E-state index in [4.69, 9.17) is 9.47 Å². The summed E-state index contributed by atoms with van der Waals surface area (Å²) in [6.45, 7) is 2.67. The molecule has 0 fully saturated rings. The molecule has 1 amide bonds. The molecule has 0 bridgehead atoms. The van der Waals surface area contributed by atoms with Crippen LogP contribution in [-0.4, -0.2) is 30.5 Å². The fourth-order valence-electron chi connectivity index (χ4n) is 3.61. The van der Waals surface area contributed by atoms with Gasteiger partial charge >= 0.3 is 0 Å². The van der Waals surface area contributed by atoms with Crippen molar-refractivity contribution in [2.75, 3.05) is 18.6 Å². The third kappa shape index (κ3) is 3.10. The highest BCUT2D eigenvalue weighted by Crippen LogP contribution is 2.41. The molecule has 0 saturated heterocycles. The SMILES string of the molecule is CCC(=O)NC1CCOc2c(-c3ccc4c(c3)COC(=C=O)N4C)cncc21. The summed E-state index contributed by atoms with van der Waals surface area (Å²) in [5, 5.41) is 3.05. The number of benzene rings is 1. The molecule has 7 heteroatoms. The van der Waals surface area contributed by atoms with Crippen LogP contribution in [0.2, 0.25) is 0 Å². The molecule has 1 atom stereocenters. The largest absolute Gasteiger partial charge is 0.492 e. The number of nitrogens with zero attached hydrogens (tertiary/aromatic N) is 2. The standard InChI is InChI=1S/C21H21N3O4/c1-3-19(26)23-17-6-7-27-21-15(9-22-10-16(17)21)13-4-5-18-14(8-13)12-28-20(11-25)24(18)2/h4-5,8-10,17H,3,6-7,12H2,1-2H3,(H,23,26). The Morgan fingerprint density at radius 3 is 3.00 bits per heavy atom. The van der Waals surface area contributed by atoms with Gasteiger partial charge in [-0.2, -0.15) is 0 Å². The first kappa shape index (κ1) is 18.1. The first-order chi connectivity index (χ1) is 13.6. The van der Waals surface area contributed by atoms with Crippen molar-refractivity contribution >= 4 is 17.5 Å². The number of carbonyl (C=O) groups is 1. The Hall–Kier alpha value is -3.31. The van der Waals surface area contributed by atoms with Gasteiger partial charge < -0.3 is 19.7 Å². The van der Waals surface area contributed by atoms with Crippen LogP contribution in [0.3, 0.4) is 0 Å². The molecule has 2 aliphatic rings. The van der Waals surface area contributed by atoms with Crippen LogP contribution >= 0.6 is 0 Å². The third-order valence-electron chi connectivity index (χ3n) is 5.12. The van der Waals surface area contributed by atoms with Gasteiger partial charge in [0, 0.05) is 49.0 Å². The minimum Gasteiger partial charge on any atom is -0.492 e. The highest BCUT2D eigenvalue weighted by Gasteiger charge is 2.27. The number of hydrogen-bond acceptors (Lipinski definition) is 6. The summed E-state index contributed by atoms with van der Waals surface area (Å²) >= 11 is 0. The van der Waals surface area contributed by atoms with E-state index in [9.17, 15) is 9.59 Å². The Balaban J connectivity index is 1.72. The lowest BCUT2D eigenvalue weighted by atomic mass is 9.95. The summed E-state index contributed by atoms with van der Waals surface area (Å²) in [6, 6.07) is 5.83. The highest BCUT2D eigenvalue weighted by molar-refractivity contribution is 5.78. The second-order valence-electron chi connectivity index (χ2n) is 6.81. The maximum Gasteiger partial charge on any atom is 0.282 e. The van der Waals surface area contributed by atoms with E-state index in [0.29, 0.717) is 26.1 Å². The Labute approximate surface area is 163 Å². The van der Waals surface area contributed by atoms with Gasteiger partial charge in [-0.05, 0) is 17.7 Å². The van der Waals surface area contributed by atoms with Crippen LogP contribution in [-0.2, 0) is 20.9 Å². The number of nitrogens with one attached hydrogen (secondary N) is 1. The summed E-state index contributed by atoms with van der Waals surface area (Å²) in [7, 11) is 1.77. The van der Waals surface area contributed by atoms with E-state index in [1.54, 1.807) is 24.3 Å². The van der Waals surface area contributed by atoms with E-state index in [1.807, 2.05) is 31.1 Å². The summed E-state index contributed by atoms with van der Waals surface area (Å²) < 4.78 is 11.4. The van der Waals surface area contributed by atoms with E-state index in [2.05, 4.69) is 10.3 Å². The predicted octanol–water partition coefficient (Wildman–Crippen LogP) is 2.74. The lowest BCUT2D eigenvalue weighted by Crippen LogP contribution is -2.31. The third-order valence-corrected chi connectivity index (χ3v) is 5.12. The number of hydrogen-bond donors (Lipinski definition) is 1. The normalized spacial score (nSPS) is 17.6. The van der Waals surface area contributed by atoms with Crippen molar-refractivity contribution < 1.29 is 19.1 Å². The Bertz CT molecular complexity index is 982. The van der Waals surface area contributed by atoms with Crippen molar-refractivity contribution in [3.8, 4) is 16.9 Å². The first-order valence-corrected chi connectivity index (χ1v) is 9.27. The quantitative estimate of drug-likeness (QED) is 0.826. The molecule has 1 N–H and O–H groups in total. The van der Waals surface area contributed by atoms with Gasteiger partial charge in [0.1, 0.15) is 12.4 Å². The van der Waals surface area contributed by atoms with Crippen molar-refractivity contribution in [2.45, 2.75) is 32.4 Å². The Kier molecular flexibility index (Phi) is 4.75. The molecule has 2 aromatic rings. The van der Waals surface area contributed by atoms with Gasteiger partial charge in [-0.3, -0.25) is 9.78 Å². The van der Waals surface area contributed by atoms with Crippen molar-refractivity contribution in [3.05, 3.63) is 47.6 Å². The van der Waals surface area contributed by atoms with Crippen molar-refractivity contribution in [1.29, 1.82) is 0 Å². The van der Waals surface area contributed by atoms with E-state index >= 15 is 0 Å². The molecule has 0 aliphatic carbocycles. The number of fused-ring (bicyclic) bond motifs is 2. The van der Waals surface area contributed by atoms with Gasteiger partial charge in [0.15, 0.2) is 5.94 Å². The molecule has 2 aliphatic heterocycles. The lowest BCUT2D eigenvalue weighted by Gasteiger charge is -2.29. The molecule has 1 aromatic carbocycles. The zero-order chi connectivity index (χ0) is 19.7. The number of carbonyl (C=O) groups excluding carboxylic acids is 2. The van der Waals surface area contributed by atoms with Crippen LogP contribution in [0.15, 0.2) is 36.5 Å². The van der Waals surface area contributed by atoms with Gasteiger partial charge in [-0.15, -0.1) is 0 Å². The summed E-state index contributed by atoms with van der Waals surface area (Å²) in [4.78, 5) is 28.9. The minimum atomic E-state index is -0.101. The molecule has 4 rings (SSSR count). The summed E-state index contributed by atoms with van der Waals surface area (Å²) in [5.74, 6) is 2.75. The zero-order valence-electron chi connectivity index (χ0n) is 15.8. The van der Waals surface area contributed by atoms with Gasteiger partial charge in [0.05, 0.1) is 18.3 Å². The van der Waals surface area contributed by atoms with Crippen molar-refractivity contribution in [1.82, 2.24) is 10.3 Å². The number of aromatic nitrogens is 1. The topological polar surface area (TPSA) is 80.8 Å². The summed E-state index contributed by atoms with van der Waals surface area (Å²) in [6.07, 6.45) is 4.69. The average Bonchev–Trinajstić information content (AvgIpc) is 2.73. The molecule has 144 valence electrons. The smallest absolute Gasteiger partial charge is 0.282 e. The molecule has 1 unspecified atom stereocenters. The molecule has 7 nitrogen and oxygen atoms in total. The fraction of sp³-hybridized carbons (Fsp3) is 0.333. The summed E-state index contributed by atoms with van der Waals surface area (Å²) in [5.41, 5.74) is 4.57. The van der Waals surface area contributed by atoms with E-state index in [-0.39, 0.29) is 17.8 Å². The number of pyridine rings is 1. The van der Waals surface area contributed by atoms with E-state index in [0.717, 1.165) is 33.7 Å². The van der Waals surface area contributed by atoms with Gasteiger partial charge in [-0.1, -0.05) is 13.0 Å². The van der Waals surface area contributed by atoms with Crippen LogP contribution in [0.1, 0.15) is 36.9 Å². The molecule has 28 heavy (non-hydrogen) atoms. The second-order valence-corrected chi connectivity index (χ2v) is 6.81. The lowest BCUT2D eigenvalue weighted by molar-refractivity contribution is -0.121. The molecular formula is C21H21N3O4. The predicted molar refractivity (Wildman–Crippen MR) is 103 cm³/mol. The maximum absolute atomic E-state index is 11.9. The number of rotatable bonds is 3. The number of amides is 1. The fourth-order valence-corrected chi connectivity index (χ4v) is 3.61. The van der Waals surface area contributed by atoms with Crippen LogP contribution in [0, 0.1) is 0 Å². The van der Waals surface area contributed by atoms with E-state index in [1.165, 1.54) is 0 Å². The molecule has 0 spiro atoms. The molecule has 3 heterocycles. The van der Waals surface area contributed by atoms with Crippen LogP contribution < -0.4 is 15.0 Å². The highest BCUT2D eigenvalue weighted by atomic mass is 16.5. The number of ether oxygens (including phenoxy) is 2. The maximum atomic E-state index is 11.9. The Morgan fingerprint density at radius 1 is 1.36 bits per heavy atom. The van der Waals surface area contributed by atoms with Crippen molar-refractivity contribution in [2.24, 2.45) is 0 Å². The minimum absolute atomic E-state index is 0.0104. The Morgan fingerprint density at radius 2 is 2.21 bits per heavy atom. The van der Waals surface area contributed by atoms with Crippen molar-refractivity contribution in [3.63, 3.8) is 0 Å².